The Balaban J connectivity index is 1.67. The van der Waals surface area contributed by atoms with E-state index in [2.05, 4.69) is 45.1 Å². The van der Waals surface area contributed by atoms with Gasteiger partial charge in [-0.2, -0.15) is 5.26 Å². The Labute approximate surface area is 125 Å². The van der Waals surface area contributed by atoms with E-state index in [1.54, 1.807) is 12.4 Å². The molecule has 1 atom stereocenters. The van der Waals surface area contributed by atoms with Gasteiger partial charge < -0.3 is 4.90 Å². The number of para-hydroxylation sites is 1. The molecule has 0 aliphatic carbocycles. The van der Waals surface area contributed by atoms with E-state index in [1.165, 1.54) is 5.69 Å². The lowest BCUT2D eigenvalue weighted by molar-refractivity contribution is 0.222. The summed E-state index contributed by atoms with van der Waals surface area (Å²) in [5, 5.41) is 9.49. The van der Waals surface area contributed by atoms with Gasteiger partial charge in [-0.15, -0.1) is 0 Å². The normalized spacial score (nSPS) is 17.2. The fourth-order valence-corrected chi connectivity index (χ4v) is 2.79. The number of benzene rings is 1. The van der Waals surface area contributed by atoms with Crippen LogP contribution in [0, 0.1) is 11.3 Å². The number of anilines is 1. The van der Waals surface area contributed by atoms with Gasteiger partial charge in [0.25, 0.3) is 0 Å². The molecule has 0 radical (unpaired) electrons. The Morgan fingerprint density at radius 1 is 0.952 bits per heavy atom. The van der Waals surface area contributed by atoms with Crippen LogP contribution in [0.4, 0.5) is 5.69 Å². The van der Waals surface area contributed by atoms with Crippen LogP contribution in [0.1, 0.15) is 11.6 Å². The van der Waals surface area contributed by atoms with E-state index in [-0.39, 0.29) is 6.04 Å². The van der Waals surface area contributed by atoms with Gasteiger partial charge in [0.05, 0.1) is 6.07 Å². The van der Waals surface area contributed by atoms with Gasteiger partial charge in [0.2, 0.25) is 0 Å². The van der Waals surface area contributed by atoms with Crippen LogP contribution in [0.2, 0.25) is 0 Å². The van der Waals surface area contributed by atoms with E-state index in [9.17, 15) is 5.26 Å². The Morgan fingerprint density at radius 2 is 1.62 bits per heavy atom. The second kappa shape index (κ2) is 6.38. The fraction of sp³-hybridized carbons (Fsp3) is 0.294. The highest BCUT2D eigenvalue weighted by Crippen LogP contribution is 2.23. The van der Waals surface area contributed by atoms with Crippen molar-refractivity contribution in [2.45, 2.75) is 6.04 Å². The van der Waals surface area contributed by atoms with E-state index in [4.69, 9.17) is 0 Å². The molecule has 3 rings (SSSR count). The van der Waals surface area contributed by atoms with Gasteiger partial charge in [0, 0.05) is 44.3 Å². The second-order valence-corrected chi connectivity index (χ2v) is 5.17. The molecule has 1 saturated heterocycles. The summed E-state index contributed by atoms with van der Waals surface area (Å²) in [7, 11) is 0. The number of nitriles is 1. The Morgan fingerprint density at radius 3 is 2.24 bits per heavy atom. The highest BCUT2D eigenvalue weighted by atomic mass is 15.3. The summed E-state index contributed by atoms with van der Waals surface area (Å²) < 4.78 is 0. The molecule has 1 aromatic carbocycles. The second-order valence-electron chi connectivity index (χ2n) is 5.17. The number of hydrogen-bond acceptors (Lipinski definition) is 4. The smallest absolute Gasteiger partial charge is 0.124 e. The quantitative estimate of drug-likeness (QED) is 0.865. The monoisotopic (exact) mass is 278 g/mol. The zero-order valence-electron chi connectivity index (χ0n) is 11.9. The molecule has 106 valence electrons. The van der Waals surface area contributed by atoms with Crippen LogP contribution in [0.3, 0.4) is 0 Å². The third-order valence-corrected chi connectivity index (χ3v) is 3.94. The lowest BCUT2D eigenvalue weighted by atomic mass is 10.1. The van der Waals surface area contributed by atoms with Gasteiger partial charge in [0.15, 0.2) is 0 Å². The predicted octanol–water partition coefficient (Wildman–Crippen LogP) is 2.47. The average Bonchev–Trinajstić information content (AvgIpc) is 2.58. The molecule has 2 heterocycles. The molecule has 0 bridgehead atoms. The minimum Gasteiger partial charge on any atom is -0.369 e. The van der Waals surface area contributed by atoms with E-state index in [1.807, 2.05) is 18.2 Å². The van der Waals surface area contributed by atoms with Crippen LogP contribution in [-0.2, 0) is 0 Å². The van der Waals surface area contributed by atoms with E-state index in [0.29, 0.717) is 0 Å². The minimum absolute atomic E-state index is 0.175. The van der Waals surface area contributed by atoms with Crippen molar-refractivity contribution < 1.29 is 0 Å². The summed E-state index contributed by atoms with van der Waals surface area (Å²) in [6, 6.07) is 16.6. The first-order chi connectivity index (χ1) is 10.4. The molecular formula is C17H18N4. The van der Waals surface area contributed by atoms with Gasteiger partial charge in [-0.1, -0.05) is 18.2 Å². The van der Waals surface area contributed by atoms with E-state index < -0.39 is 0 Å². The first-order valence-corrected chi connectivity index (χ1v) is 7.22. The molecule has 1 aliphatic rings. The van der Waals surface area contributed by atoms with Crippen molar-refractivity contribution in [3.63, 3.8) is 0 Å². The summed E-state index contributed by atoms with van der Waals surface area (Å²) in [5.74, 6) is 0. The lowest BCUT2D eigenvalue weighted by Gasteiger charge is -2.38. The molecule has 1 unspecified atom stereocenters. The van der Waals surface area contributed by atoms with E-state index >= 15 is 0 Å². The zero-order chi connectivity index (χ0) is 14.5. The molecule has 21 heavy (non-hydrogen) atoms. The summed E-state index contributed by atoms with van der Waals surface area (Å²) in [6.45, 7) is 3.70. The zero-order valence-corrected chi connectivity index (χ0v) is 11.9. The van der Waals surface area contributed by atoms with Gasteiger partial charge >= 0.3 is 0 Å². The molecule has 4 nitrogen and oxygen atoms in total. The van der Waals surface area contributed by atoms with Gasteiger partial charge in [0.1, 0.15) is 6.04 Å². The topological polar surface area (TPSA) is 43.2 Å². The summed E-state index contributed by atoms with van der Waals surface area (Å²) in [5.41, 5.74) is 2.29. The summed E-state index contributed by atoms with van der Waals surface area (Å²) in [4.78, 5) is 8.64. The number of rotatable bonds is 3. The van der Waals surface area contributed by atoms with Crippen molar-refractivity contribution in [3.8, 4) is 6.07 Å². The first-order valence-electron chi connectivity index (χ1n) is 7.22. The SMILES string of the molecule is N#CC(c1ccncc1)N1CCN(c2ccccc2)CC1. The van der Waals surface area contributed by atoms with Gasteiger partial charge in [-0.3, -0.25) is 9.88 Å². The fourth-order valence-electron chi connectivity index (χ4n) is 2.79. The van der Waals surface area contributed by atoms with Crippen molar-refractivity contribution >= 4 is 5.69 Å². The predicted molar refractivity (Wildman–Crippen MR) is 82.8 cm³/mol. The van der Waals surface area contributed by atoms with Crippen molar-refractivity contribution in [2.75, 3.05) is 31.1 Å². The maximum absolute atomic E-state index is 9.49. The third kappa shape index (κ3) is 3.04. The maximum atomic E-state index is 9.49. The first kappa shape index (κ1) is 13.6. The Bertz CT molecular complexity index is 598. The molecule has 0 N–H and O–H groups in total. The average molecular weight is 278 g/mol. The van der Waals surface area contributed by atoms with Crippen LogP contribution < -0.4 is 4.90 Å². The highest BCUT2D eigenvalue weighted by Gasteiger charge is 2.24. The van der Waals surface area contributed by atoms with Crippen molar-refractivity contribution in [1.82, 2.24) is 9.88 Å². The van der Waals surface area contributed by atoms with Gasteiger partial charge in [-0.25, -0.2) is 0 Å². The van der Waals surface area contributed by atoms with Crippen LogP contribution in [0.5, 0.6) is 0 Å². The largest absolute Gasteiger partial charge is 0.369 e. The molecule has 1 aromatic heterocycles. The minimum atomic E-state index is -0.175. The molecule has 1 aliphatic heterocycles. The number of piperazine rings is 1. The highest BCUT2D eigenvalue weighted by molar-refractivity contribution is 5.46. The molecule has 0 spiro atoms. The van der Waals surface area contributed by atoms with Crippen LogP contribution >= 0.6 is 0 Å². The lowest BCUT2D eigenvalue weighted by Crippen LogP contribution is -2.47. The van der Waals surface area contributed by atoms with Crippen LogP contribution in [0.25, 0.3) is 0 Å². The number of nitrogens with zero attached hydrogens (tertiary/aromatic N) is 4. The summed E-state index contributed by atoms with van der Waals surface area (Å²) >= 11 is 0. The third-order valence-electron chi connectivity index (χ3n) is 3.94. The van der Waals surface area contributed by atoms with Crippen molar-refractivity contribution in [2.24, 2.45) is 0 Å². The van der Waals surface area contributed by atoms with E-state index in [0.717, 1.165) is 31.7 Å². The van der Waals surface area contributed by atoms with Gasteiger partial charge in [-0.05, 0) is 29.8 Å². The number of pyridine rings is 1. The molecule has 0 amide bonds. The molecule has 2 aromatic rings. The molecule has 1 fully saturated rings. The van der Waals surface area contributed by atoms with Crippen LogP contribution in [0.15, 0.2) is 54.9 Å². The molecule has 4 heteroatoms. The molecule has 0 saturated carbocycles. The van der Waals surface area contributed by atoms with Crippen LogP contribution in [-0.4, -0.2) is 36.1 Å². The Hall–Kier alpha value is -2.38. The summed E-state index contributed by atoms with van der Waals surface area (Å²) in [6.07, 6.45) is 3.50. The Kier molecular flexibility index (Phi) is 4.13. The number of hydrogen-bond donors (Lipinski definition) is 0. The van der Waals surface area contributed by atoms with Crippen molar-refractivity contribution in [1.29, 1.82) is 5.26 Å². The molecular weight excluding hydrogens is 260 g/mol. The maximum Gasteiger partial charge on any atom is 0.124 e. The standard InChI is InChI=1S/C17H18N4/c18-14-17(15-6-8-19-9-7-15)21-12-10-20(11-13-21)16-4-2-1-3-5-16/h1-9,17H,10-13H2. The van der Waals surface area contributed by atoms with Crippen molar-refractivity contribution in [3.05, 3.63) is 60.4 Å². The number of aromatic nitrogens is 1.